The van der Waals surface area contributed by atoms with Gasteiger partial charge in [0.1, 0.15) is 0 Å². The van der Waals surface area contributed by atoms with Crippen LogP contribution in [0.3, 0.4) is 0 Å². The van der Waals surface area contributed by atoms with Crippen LogP contribution < -0.4 is 0 Å². The number of rotatable bonds is 6. The summed E-state index contributed by atoms with van der Waals surface area (Å²) in [7, 11) is 0. The SMILES string of the molecule is CCCN(CCC)C1CCC1C(=O)O. The molecule has 14 heavy (non-hydrogen) atoms. The van der Waals surface area contributed by atoms with Crippen LogP contribution in [0, 0.1) is 5.92 Å². The van der Waals surface area contributed by atoms with Crippen molar-refractivity contribution in [3.8, 4) is 0 Å². The van der Waals surface area contributed by atoms with Crippen LogP contribution in [0.5, 0.6) is 0 Å². The molecule has 0 aliphatic heterocycles. The Morgan fingerprint density at radius 1 is 1.29 bits per heavy atom. The molecule has 3 nitrogen and oxygen atoms in total. The summed E-state index contributed by atoms with van der Waals surface area (Å²) in [6, 6.07) is 0.312. The number of aliphatic carboxylic acids is 1. The quantitative estimate of drug-likeness (QED) is 0.711. The maximum absolute atomic E-state index is 10.9. The van der Waals surface area contributed by atoms with Crippen molar-refractivity contribution in [1.82, 2.24) is 4.90 Å². The normalized spacial score (nSPS) is 26.2. The molecule has 0 heterocycles. The van der Waals surface area contributed by atoms with E-state index in [1.54, 1.807) is 0 Å². The Bertz CT molecular complexity index is 188. The summed E-state index contributed by atoms with van der Waals surface area (Å²) in [4.78, 5) is 13.2. The fraction of sp³-hybridized carbons (Fsp3) is 0.909. The van der Waals surface area contributed by atoms with E-state index < -0.39 is 5.97 Å². The molecule has 2 unspecified atom stereocenters. The monoisotopic (exact) mass is 199 g/mol. The minimum absolute atomic E-state index is 0.104. The number of carboxylic acids is 1. The first-order chi connectivity index (χ1) is 6.70. The van der Waals surface area contributed by atoms with Crippen LogP contribution in [0.4, 0.5) is 0 Å². The van der Waals surface area contributed by atoms with Gasteiger partial charge in [0.2, 0.25) is 0 Å². The van der Waals surface area contributed by atoms with Gasteiger partial charge >= 0.3 is 5.97 Å². The Labute approximate surface area is 86.1 Å². The molecule has 1 saturated carbocycles. The number of hydrogen-bond donors (Lipinski definition) is 1. The first kappa shape index (κ1) is 11.5. The molecule has 1 aliphatic rings. The zero-order chi connectivity index (χ0) is 10.6. The van der Waals surface area contributed by atoms with Gasteiger partial charge in [-0.2, -0.15) is 0 Å². The molecule has 0 bridgehead atoms. The molecule has 82 valence electrons. The Morgan fingerprint density at radius 3 is 2.14 bits per heavy atom. The average molecular weight is 199 g/mol. The highest BCUT2D eigenvalue weighted by Crippen LogP contribution is 2.32. The average Bonchev–Trinajstić information content (AvgIpc) is 2.01. The van der Waals surface area contributed by atoms with Crippen LogP contribution >= 0.6 is 0 Å². The van der Waals surface area contributed by atoms with E-state index in [9.17, 15) is 4.79 Å². The Kier molecular flexibility index (Phi) is 4.39. The third-order valence-electron chi connectivity index (χ3n) is 3.05. The second kappa shape index (κ2) is 5.35. The molecule has 1 rings (SSSR count). The highest BCUT2D eigenvalue weighted by Gasteiger charge is 2.39. The molecular weight excluding hydrogens is 178 g/mol. The van der Waals surface area contributed by atoms with E-state index in [1.807, 2.05) is 0 Å². The van der Waals surface area contributed by atoms with Crippen molar-refractivity contribution < 1.29 is 9.90 Å². The van der Waals surface area contributed by atoms with E-state index in [0.717, 1.165) is 38.8 Å². The molecule has 0 aromatic carbocycles. The molecule has 0 amide bonds. The van der Waals surface area contributed by atoms with E-state index in [4.69, 9.17) is 5.11 Å². The fourth-order valence-electron chi connectivity index (χ4n) is 2.23. The lowest BCUT2D eigenvalue weighted by Gasteiger charge is -2.42. The molecule has 0 aromatic rings. The van der Waals surface area contributed by atoms with Crippen molar-refractivity contribution in [2.45, 2.75) is 45.6 Å². The van der Waals surface area contributed by atoms with Gasteiger partial charge in [-0.15, -0.1) is 0 Å². The van der Waals surface area contributed by atoms with Gasteiger partial charge in [0.25, 0.3) is 0 Å². The summed E-state index contributed by atoms with van der Waals surface area (Å²) in [5.74, 6) is -0.716. The molecule has 1 aliphatic carbocycles. The number of hydrogen-bond acceptors (Lipinski definition) is 2. The second-order valence-electron chi connectivity index (χ2n) is 4.13. The molecule has 1 N–H and O–H groups in total. The number of nitrogens with zero attached hydrogens (tertiary/aromatic N) is 1. The molecule has 0 saturated heterocycles. The lowest BCUT2D eigenvalue weighted by Crippen LogP contribution is -2.50. The maximum Gasteiger partial charge on any atom is 0.308 e. The molecule has 3 heteroatoms. The van der Waals surface area contributed by atoms with Gasteiger partial charge in [-0.05, 0) is 38.8 Å². The lowest BCUT2D eigenvalue weighted by atomic mass is 9.78. The highest BCUT2D eigenvalue weighted by atomic mass is 16.4. The van der Waals surface area contributed by atoms with Crippen LogP contribution in [-0.4, -0.2) is 35.1 Å². The number of carboxylic acid groups (broad SMARTS) is 1. The Balaban J connectivity index is 2.46. The van der Waals surface area contributed by atoms with E-state index in [1.165, 1.54) is 0 Å². The minimum atomic E-state index is -0.613. The summed E-state index contributed by atoms with van der Waals surface area (Å²) >= 11 is 0. The first-order valence-corrected chi connectivity index (χ1v) is 5.67. The summed E-state index contributed by atoms with van der Waals surface area (Å²) in [5, 5.41) is 8.96. The topological polar surface area (TPSA) is 40.5 Å². The Morgan fingerprint density at radius 2 is 1.86 bits per heavy atom. The third kappa shape index (κ3) is 2.47. The molecular formula is C11H21NO2. The van der Waals surface area contributed by atoms with Crippen LogP contribution in [-0.2, 0) is 4.79 Å². The summed E-state index contributed by atoms with van der Waals surface area (Å²) in [6.07, 6.45) is 4.16. The van der Waals surface area contributed by atoms with Gasteiger partial charge in [-0.25, -0.2) is 0 Å². The molecule has 1 fully saturated rings. The van der Waals surface area contributed by atoms with E-state index in [0.29, 0.717) is 6.04 Å². The van der Waals surface area contributed by atoms with Crippen molar-refractivity contribution in [3.63, 3.8) is 0 Å². The maximum atomic E-state index is 10.9. The fourth-order valence-corrected chi connectivity index (χ4v) is 2.23. The summed E-state index contributed by atoms with van der Waals surface area (Å²) in [5.41, 5.74) is 0. The number of carbonyl (C=O) groups is 1. The van der Waals surface area contributed by atoms with Crippen LogP contribution in [0.15, 0.2) is 0 Å². The van der Waals surface area contributed by atoms with Crippen molar-refractivity contribution >= 4 is 5.97 Å². The largest absolute Gasteiger partial charge is 0.481 e. The predicted molar refractivity (Wildman–Crippen MR) is 56.3 cm³/mol. The summed E-state index contributed by atoms with van der Waals surface area (Å²) < 4.78 is 0. The zero-order valence-corrected chi connectivity index (χ0v) is 9.20. The molecule has 2 atom stereocenters. The Hall–Kier alpha value is -0.570. The van der Waals surface area contributed by atoms with Gasteiger partial charge < -0.3 is 5.11 Å². The second-order valence-corrected chi connectivity index (χ2v) is 4.13. The van der Waals surface area contributed by atoms with Crippen molar-refractivity contribution in [2.75, 3.05) is 13.1 Å². The van der Waals surface area contributed by atoms with Gasteiger partial charge in [-0.1, -0.05) is 13.8 Å². The highest BCUT2D eigenvalue weighted by molar-refractivity contribution is 5.72. The molecule has 0 aromatic heterocycles. The van der Waals surface area contributed by atoms with Crippen LogP contribution in [0.25, 0.3) is 0 Å². The van der Waals surface area contributed by atoms with Gasteiger partial charge in [0.05, 0.1) is 5.92 Å². The van der Waals surface area contributed by atoms with Crippen LogP contribution in [0.2, 0.25) is 0 Å². The minimum Gasteiger partial charge on any atom is -0.481 e. The van der Waals surface area contributed by atoms with Gasteiger partial charge in [0.15, 0.2) is 0 Å². The van der Waals surface area contributed by atoms with Crippen molar-refractivity contribution in [1.29, 1.82) is 0 Å². The molecule has 0 spiro atoms. The van der Waals surface area contributed by atoms with Crippen molar-refractivity contribution in [3.05, 3.63) is 0 Å². The van der Waals surface area contributed by atoms with Crippen molar-refractivity contribution in [2.24, 2.45) is 5.92 Å². The van der Waals surface area contributed by atoms with E-state index in [2.05, 4.69) is 18.7 Å². The first-order valence-electron chi connectivity index (χ1n) is 5.67. The van der Waals surface area contributed by atoms with Crippen LogP contribution in [0.1, 0.15) is 39.5 Å². The third-order valence-corrected chi connectivity index (χ3v) is 3.05. The van der Waals surface area contributed by atoms with Gasteiger partial charge in [0, 0.05) is 6.04 Å². The summed E-state index contributed by atoms with van der Waals surface area (Å²) in [6.45, 7) is 6.39. The lowest BCUT2D eigenvalue weighted by molar-refractivity contribution is -0.149. The zero-order valence-electron chi connectivity index (χ0n) is 9.20. The van der Waals surface area contributed by atoms with E-state index in [-0.39, 0.29) is 5.92 Å². The smallest absolute Gasteiger partial charge is 0.308 e. The molecule has 0 radical (unpaired) electrons. The van der Waals surface area contributed by atoms with E-state index >= 15 is 0 Å². The van der Waals surface area contributed by atoms with Gasteiger partial charge in [-0.3, -0.25) is 9.69 Å². The predicted octanol–water partition coefficient (Wildman–Crippen LogP) is 1.97. The standard InChI is InChI=1S/C11H21NO2/c1-3-7-12(8-4-2)10-6-5-9(10)11(13)14/h9-10H,3-8H2,1-2H3,(H,13,14).